The average Bonchev–Trinajstić information content (AvgIpc) is 3.91. The molecule has 2 unspecified atom stereocenters. The van der Waals surface area contributed by atoms with Gasteiger partial charge in [0, 0.05) is 75.7 Å². The molecule has 10 heterocycles. The standard InChI is InChI=1S/C42H43F3N12O4/c1-4-60-29-17-52(3)40(58)36-13-28(61-42-46-8-7-33(49-42)30-9-24(44)11-34-37(30)54(19-29)22(2)48-34)18-55(36)38-31-14-47-57(35-6-5-23(43)10-32(35)45)39(31)51-41(50-38)56-25-12-26(56)16-53(15-25)27-20-59-21-27/h5-11,14,25-29,36H,4,12-13,15-21H2,1-3H3/t25?,26?,28-,29-,36-/m0/s1. The minimum atomic E-state index is -0.800. The van der Waals surface area contributed by atoms with Crippen LogP contribution in [0.15, 0.2) is 48.8 Å². The highest BCUT2D eigenvalue weighted by atomic mass is 19.1. The maximum Gasteiger partial charge on any atom is 0.317 e. The first-order valence-corrected chi connectivity index (χ1v) is 20.7. The normalized spacial score (nSPS) is 24.5. The fraction of sp³-hybridized carbons (Fsp3) is 0.452. The van der Waals surface area contributed by atoms with Gasteiger partial charge in [-0.25, -0.2) is 27.8 Å². The number of fused-ring (bicyclic) bond motifs is 8. The Bertz CT molecular complexity index is 2700. The second-order valence-electron chi connectivity index (χ2n) is 16.6. The monoisotopic (exact) mass is 836 g/mol. The van der Waals surface area contributed by atoms with Crippen molar-refractivity contribution in [2.24, 2.45) is 0 Å². The molecular formula is C42H43F3N12O4. The largest absolute Gasteiger partial charge is 0.458 e. The summed E-state index contributed by atoms with van der Waals surface area (Å²) in [5.74, 6) is -0.648. The highest BCUT2D eigenvalue weighted by molar-refractivity contribution is 5.94. The van der Waals surface area contributed by atoms with Crippen LogP contribution in [0.5, 0.6) is 6.01 Å². The molecular weight excluding hydrogens is 794 g/mol. The molecule has 19 heteroatoms. The van der Waals surface area contributed by atoms with Gasteiger partial charge in [-0.3, -0.25) is 9.69 Å². The summed E-state index contributed by atoms with van der Waals surface area (Å²) in [5.41, 5.74) is 2.46. The minimum Gasteiger partial charge on any atom is -0.458 e. The molecule has 2 aromatic carbocycles. The van der Waals surface area contributed by atoms with Crippen LogP contribution in [0.4, 0.5) is 24.9 Å². The van der Waals surface area contributed by atoms with Crippen molar-refractivity contribution in [2.75, 3.05) is 62.8 Å². The number of nitrogens with zero attached hydrogens (tertiary/aromatic N) is 12. The molecule has 0 saturated carbocycles. The van der Waals surface area contributed by atoms with Crippen LogP contribution in [0.3, 0.4) is 0 Å². The van der Waals surface area contributed by atoms with Crippen LogP contribution in [-0.2, 0) is 20.8 Å². The lowest BCUT2D eigenvalue weighted by atomic mass is 9.86. The quantitative estimate of drug-likeness (QED) is 0.239. The van der Waals surface area contributed by atoms with Gasteiger partial charge in [-0.15, -0.1) is 0 Å². The Kier molecular flexibility index (Phi) is 9.12. The molecule has 316 valence electrons. The molecule has 1 amide bonds. The van der Waals surface area contributed by atoms with Crippen LogP contribution in [0.25, 0.3) is 39.0 Å². The van der Waals surface area contributed by atoms with E-state index in [1.54, 1.807) is 30.4 Å². The lowest BCUT2D eigenvalue weighted by molar-refractivity contribution is -0.133. The first-order chi connectivity index (χ1) is 29.6. The van der Waals surface area contributed by atoms with Crippen LogP contribution in [-0.4, -0.2) is 144 Å². The third-order valence-corrected chi connectivity index (χ3v) is 12.8. The summed E-state index contributed by atoms with van der Waals surface area (Å²) in [6.45, 7) is 8.00. The lowest BCUT2D eigenvalue weighted by Crippen LogP contribution is -2.72. The van der Waals surface area contributed by atoms with E-state index in [1.807, 2.05) is 23.3 Å². The summed E-state index contributed by atoms with van der Waals surface area (Å²) < 4.78 is 66.4. The van der Waals surface area contributed by atoms with Crippen LogP contribution in [0, 0.1) is 24.4 Å². The third kappa shape index (κ3) is 6.43. The van der Waals surface area contributed by atoms with Crippen molar-refractivity contribution in [3.05, 3.63) is 72.1 Å². The van der Waals surface area contributed by atoms with E-state index < -0.39 is 35.7 Å². The van der Waals surface area contributed by atoms with E-state index in [9.17, 15) is 9.18 Å². The Morgan fingerprint density at radius 2 is 1.74 bits per heavy atom. The SMILES string of the molecule is CCO[C@H]1CN(C)C(=O)[C@@H]2C[C@@H](CN2c2nc(N3C4CC3CN(C3COC3)C4)nc3c2cnn3-c2ccc(F)cc2F)Oc2nccc(n2)-c2cc(F)cc3nc(C)n(c23)C1. The van der Waals surface area contributed by atoms with Gasteiger partial charge in [-0.2, -0.15) is 20.1 Å². The number of carbonyl (C=O) groups is 1. The molecule has 0 spiro atoms. The number of anilines is 2. The second kappa shape index (κ2) is 14.6. The van der Waals surface area contributed by atoms with Crippen molar-refractivity contribution in [1.82, 2.24) is 49.1 Å². The molecule has 0 radical (unpaired) electrons. The van der Waals surface area contributed by atoms with E-state index in [4.69, 9.17) is 34.1 Å². The van der Waals surface area contributed by atoms with Crippen molar-refractivity contribution >= 4 is 39.7 Å². The van der Waals surface area contributed by atoms with Crippen LogP contribution in [0.2, 0.25) is 0 Å². The highest BCUT2D eigenvalue weighted by Gasteiger charge is 2.49. The zero-order valence-corrected chi connectivity index (χ0v) is 33.8. The highest BCUT2D eigenvalue weighted by Crippen LogP contribution is 2.41. The Balaban J connectivity index is 1.02. The van der Waals surface area contributed by atoms with Crippen molar-refractivity contribution in [3.63, 3.8) is 0 Å². The molecule has 12 rings (SSSR count). The predicted octanol–water partition coefficient (Wildman–Crippen LogP) is 3.91. The van der Waals surface area contributed by atoms with E-state index in [1.165, 1.54) is 28.9 Å². The Morgan fingerprint density at radius 3 is 2.51 bits per heavy atom. The van der Waals surface area contributed by atoms with Crippen molar-refractivity contribution in [1.29, 1.82) is 0 Å². The van der Waals surface area contributed by atoms with Gasteiger partial charge in [-0.05, 0) is 44.5 Å². The fourth-order valence-electron chi connectivity index (χ4n) is 9.82. The van der Waals surface area contributed by atoms with Gasteiger partial charge < -0.3 is 33.5 Å². The maximum atomic E-state index is 15.5. The summed E-state index contributed by atoms with van der Waals surface area (Å²) in [5, 5.41) is 5.05. The molecule has 5 saturated heterocycles. The third-order valence-electron chi connectivity index (χ3n) is 12.8. The molecule has 0 aliphatic carbocycles. The van der Waals surface area contributed by atoms with E-state index in [0.717, 1.165) is 38.8 Å². The fourth-order valence-corrected chi connectivity index (χ4v) is 9.82. The van der Waals surface area contributed by atoms with E-state index in [2.05, 4.69) is 19.9 Å². The first kappa shape index (κ1) is 38.0. The second-order valence-corrected chi connectivity index (χ2v) is 16.6. The van der Waals surface area contributed by atoms with E-state index in [-0.39, 0.29) is 49.2 Å². The number of hydrogen-bond donors (Lipinski definition) is 0. The number of rotatable bonds is 6. The molecule has 6 aromatic rings. The molecule has 0 N–H and O–H groups in total. The number of amides is 1. The van der Waals surface area contributed by atoms with Gasteiger partial charge in [0.2, 0.25) is 11.9 Å². The summed E-state index contributed by atoms with van der Waals surface area (Å²) >= 11 is 0. The smallest absolute Gasteiger partial charge is 0.317 e. The van der Waals surface area contributed by atoms with Crippen molar-refractivity contribution in [3.8, 4) is 23.0 Å². The predicted molar refractivity (Wildman–Crippen MR) is 216 cm³/mol. The average molecular weight is 837 g/mol. The first-order valence-electron chi connectivity index (χ1n) is 20.7. The summed E-state index contributed by atoms with van der Waals surface area (Å²) in [4.78, 5) is 47.4. The van der Waals surface area contributed by atoms with E-state index >= 15 is 8.78 Å². The molecule has 5 atom stereocenters. The zero-order valence-electron chi connectivity index (χ0n) is 33.8. The van der Waals surface area contributed by atoms with Gasteiger partial charge in [0.1, 0.15) is 41.1 Å². The van der Waals surface area contributed by atoms with Crippen LogP contribution in [0.1, 0.15) is 25.6 Å². The molecule has 16 nitrogen and oxygen atoms in total. The number of aromatic nitrogens is 8. The Hall–Kier alpha value is -5.92. The number of ether oxygens (including phenoxy) is 3. The topological polar surface area (TPSA) is 145 Å². The molecule has 61 heavy (non-hydrogen) atoms. The number of likely N-dealkylation sites (N-methyl/N-ethyl adjacent to an activating group) is 1. The summed E-state index contributed by atoms with van der Waals surface area (Å²) in [6.07, 6.45) is 3.29. The number of aryl methyl sites for hydroxylation is 1. The summed E-state index contributed by atoms with van der Waals surface area (Å²) in [6, 6.07) is 7.82. The van der Waals surface area contributed by atoms with Crippen molar-refractivity contribution < 1.29 is 32.2 Å². The number of benzene rings is 2. The van der Waals surface area contributed by atoms with Crippen molar-refractivity contribution in [2.45, 2.75) is 69.6 Å². The zero-order chi connectivity index (χ0) is 41.7. The Morgan fingerprint density at radius 1 is 0.902 bits per heavy atom. The molecule has 4 aromatic heterocycles. The minimum absolute atomic E-state index is 0.0225. The molecule has 6 aliphatic heterocycles. The van der Waals surface area contributed by atoms with Gasteiger partial charge >= 0.3 is 6.01 Å². The van der Waals surface area contributed by atoms with Gasteiger partial charge in [0.25, 0.3) is 0 Å². The lowest BCUT2D eigenvalue weighted by Gasteiger charge is -2.58. The van der Waals surface area contributed by atoms with Crippen LogP contribution < -0.4 is 14.5 Å². The number of carbonyl (C=O) groups excluding carboxylic acids is 1. The molecule has 6 bridgehead atoms. The molecule has 6 aliphatic rings. The number of hydrogen-bond acceptors (Lipinski definition) is 13. The maximum absolute atomic E-state index is 15.5. The number of imidazole rings is 1. The van der Waals surface area contributed by atoms with Gasteiger partial charge in [0.05, 0.1) is 66.8 Å². The number of halogens is 3. The van der Waals surface area contributed by atoms with Gasteiger partial charge in [-0.1, -0.05) is 0 Å². The van der Waals surface area contributed by atoms with E-state index in [0.29, 0.717) is 70.1 Å². The number of piperazine rings is 1. The van der Waals surface area contributed by atoms with Crippen LogP contribution >= 0.6 is 0 Å². The summed E-state index contributed by atoms with van der Waals surface area (Å²) in [7, 11) is 1.75. The Labute approximate surface area is 347 Å². The molecule has 5 fully saturated rings. The van der Waals surface area contributed by atoms with Gasteiger partial charge in [0.15, 0.2) is 11.5 Å². The number of piperidine rings is 1.